The van der Waals surface area contributed by atoms with Crippen molar-refractivity contribution in [2.45, 2.75) is 26.2 Å². The summed E-state index contributed by atoms with van der Waals surface area (Å²) in [5.41, 5.74) is 0. The minimum atomic E-state index is -0.604. The zero-order valence-corrected chi connectivity index (χ0v) is 11.6. The Labute approximate surface area is 119 Å². The molecule has 2 aromatic rings. The largest absolute Gasteiger partial charge is 0.433 e. The van der Waals surface area contributed by atoms with Gasteiger partial charge in [0.25, 0.3) is 0 Å². The van der Waals surface area contributed by atoms with Crippen LogP contribution in [0.25, 0.3) is 0 Å². The van der Waals surface area contributed by atoms with E-state index in [0.29, 0.717) is 10.6 Å². The molecule has 0 aromatic carbocycles. The molecule has 106 valence electrons. The third-order valence-corrected chi connectivity index (χ3v) is 2.83. The van der Waals surface area contributed by atoms with Crippen molar-refractivity contribution in [1.82, 2.24) is 14.9 Å². The molecule has 0 atom stereocenters. The van der Waals surface area contributed by atoms with Gasteiger partial charge in [0.2, 0.25) is 4.77 Å². The number of furan rings is 1. The van der Waals surface area contributed by atoms with Crippen LogP contribution in [0.4, 0.5) is 5.88 Å². The lowest BCUT2D eigenvalue weighted by Gasteiger charge is -1.98. The van der Waals surface area contributed by atoms with Crippen molar-refractivity contribution in [1.29, 1.82) is 0 Å². The highest BCUT2D eigenvalue weighted by Crippen LogP contribution is 2.14. The van der Waals surface area contributed by atoms with Gasteiger partial charge in [0.15, 0.2) is 11.6 Å². The highest BCUT2D eigenvalue weighted by atomic mass is 32.1. The van der Waals surface area contributed by atoms with E-state index in [-0.39, 0.29) is 11.6 Å². The summed E-state index contributed by atoms with van der Waals surface area (Å²) in [4.78, 5) is 9.90. The van der Waals surface area contributed by atoms with Gasteiger partial charge in [-0.15, -0.1) is 0 Å². The van der Waals surface area contributed by atoms with E-state index in [9.17, 15) is 10.1 Å². The molecular weight excluding hydrogens is 282 g/mol. The van der Waals surface area contributed by atoms with Gasteiger partial charge in [0, 0.05) is 6.42 Å². The second-order valence-electron chi connectivity index (χ2n) is 4.04. The first-order valence-corrected chi connectivity index (χ1v) is 6.47. The first-order chi connectivity index (χ1) is 9.61. The number of hydrogen-bond acceptors (Lipinski definition) is 6. The van der Waals surface area contributed by atoms with E-state index >= 15 is 0 Å². The number of nitrogens with one attached hydrogen (secondary N) is 1. The Morgan fingerprint density at radius 2 is 2.45 bits per heavy atom. The van der Waals surface area contributed by atoms with Gasteiger partial charge in [0.1, 0.15) is 4.92 Å². The van der Waals surface area contributed by atoms with Crippen LogP contribution in [0, 0.1) is 14.9 Å². The predicted molar refractivity (Wildman–Crippen MR) is 74.4 cm³/mol. The summed E-state index contributed by atoms with van der Waals surface area (Å²) in [6.45, 7) is 2.08. The maximum absolute atomic E-state index is 10.5. The van der Waals surface area contributed by atoms with Crippen LogP contribution in [0.2, 0.25) is 0 Å². The Hall–Kier alpha value is -2.29. The third kappa shape index (κ3) is 3.18. The van der Waals surface area contributed by atoms with Crippen molar-refractivity contribution in [2.75, 3.05) is 0 Å². The van der Waals surface area contributed by atoms with Crippen molar-refractivity contribution < 1.29 is 9.34 Å². The van der Waals surface area contributed by atoms with Crippen molar-refractivity contribution >= 4 is 24.3 Å². The van der Waals surface area contributed by atoms with Crippen molar-refractivity contribution in [3.05, 3.63) is 38.6 Å². The number of unbranched alkanes of at least 4 members (excludes halogenated alkanes) is 1. The van der Waals surface area contributed by atoms with Gasteiger partial charge < -0.3 is 4.42 Å². The molecule has 0 saturated carbocycles. The summed E-state index contributed by atoms with van der Waals surface area (Å²) in [5, 5.41) is 21.4. The lowest BCUT2D eigenvalue weighted by atomic mass is 10.2. The highest BCUT2D eigenvalue weighted by Gasteiger charge is 2.10. The standard InChI is InChI=1S/C11H13N5O3S/c1-2-3-4-9-13-14-11(20)15(9)12-7-8-5-6-10(19-8)16(17)18/h5-7H,2-4H2,1H3,(H,14,20)/b12-7-. The van der Waals surface area contributed by atoms with Gasteiger partial charge in [-0.25, -0.2) is 0 Å². The molecule has 0 unspecified atom stereocenters. The molecule has 0 fully saturated rings. The minimum Gasteiger partial charge on any atom is -0.400 e. The molecule has 2 rings (SSSR count). The van der Waals surface area contributed by atoms with Crippen molar-refractivity contribution in [3.8, 4) is 0 Å². The molecule has 0 aliphatic heterocycles. The number of rotatable bonds is 6. The number of H-pyrrole nitrogens is 1. The number of nitrogens with zero attached hydrogens (tertiary/aromatic N) is 4. The Balaban J connectivity index is 2.19. The van der Waals surface area contributed by atoms with Crippen LogP contribution in [0.5, 0.6) is 0 Å². The Bertz CT molecular complexity index is 684. The van der Waals surface area contributed by atoms with E-state index in [4.69, 9.17) is 16.6 Å². The fourth-order valence-corrected chi connectivity index (χ4v) is 1.76. The van der Waals surface area contributed by atoms with E-state index in [0.717, 1.165) is 19.3 Å². The molecule has 0 amide bonds. The summed E-state index contributed by atoms with van der Waals surface area (Å²) >= 11 is 5.08. The summed E-state index contributed by atoms with van der Waals surface area (Å²) in [5.74, 6) is 0.670. The van der Waals surface area contributed by atoms with Crippen molar-refractivity contribution in [2.24, 2.45) is 5.10 Å². The van der Waals surface area contributed by atoms with E-state index < -0.39 is 4.92 Å². The van der Waals surface area contributed by atoms with Gasteiger partial charge in [-0.1, -0.05) is 13.3 Å². The maximum Gasteiger partial charge on any atom is 0.433 e. The molecule has 1 N–H and O–H groups in total. The molecule has 0 aliphatic carbocycles. The molecular formula is C11H13N5O3S. The van der Waals surface area contributed by atoms with Crippen LogP contribution in [-0.4, -0.2) is 26.0 Å². The number of aromatic nitrogens is 3. The summed E-state index contributed by atoms with van der Waals surface area (Å²) in [6.07, 6.45) is 4.13. The fourth-order valence-electron chi connectivity index (χ4n) is 1.56. The first kappa shape index (κ1) is 14.1. The molecule has 0 spiro atoms. The molecule has 0 bridgehead atoms. The predicted octanol–water partition coefficient (Wildman–Crippen LogP) is 2.67. The normalized spacial score (nSPS) is 11.2. The van der Waals surface area contributed by atoms with Crippen LogP contribution >= 0.6 is 12.2 Å². The molecule has 20 heavy (non-hydrogen) atoms. The zero-order chi connectivity index (χ0) is 14.5. The number of hydrogen-bond donors (Lipinski definition) is 1. The van der Waals surface area contributed by atoms with Crippen molar-refractivity contribution in [3.63, 3.8) is 0 Å². The van der Waals surface area contributed by atoms with E-state index in [1.165, 1.54) is 23.0 Å². The Morgan fingerprint density at radius 1 is 1.65 bits per heavy atom. The average Bonchev–Trinajstić information content (AvgIpc) is 3.01. The monoisotopic (exact) mass is 295 g/mol. The second-order valence-corrected chi connectivity index (χ2v) is 4.42. The Kier molecular flexibility index (Phi) is 4.41. The highest BCUT2D eigenvalue weighted by molar-refractivity contribution is 7.71. The molecule has 9 heteroatoms. The number of aryl methyl sites for hydroxylation is 1. The quantitative estimate of drug-likeness (QED) is 0.382. The van der Waals surface area contributed by atoms with Crippen LogP contribution in [0.3, 0.4) is 0 Å². The van der Waals surface area contributed by atoms with E-state index in [2.05, 4.69) is 22.2 Å². The zero-order valence-electron chi connectivity index (χ0n) is 10.8. The van der Waals surface area contributed by atoms with Gasteiger partial charge >= 0.3 is 5.88 Å². The van der Waals surface area contributed by atoms with Gasteiger partial charge in [-0.2, -0.15) is 14.9 Å². The minimum absolute atomic E-state index is 0.279. The van der Waals surface area contributed by atoms with Crippen LogP contribution in [-0.2, 0) is 6.42 Å². The summed E-state index contributed by atoms with van der Waals surface area (Å²) in [6, 6.07) is 2.74. The molecule has 0 radical (unpaired) electrons. The fraction of sp³-hybridized carbons (Fsp3) is 0.364. The molecule has 0 aliphatic rings. The summed E-state index contributed by atoms with van der Waals surface area (Å²) in [7, 11) is 0. The average molecular weight is 295 g/mol. The lowest BCUT2D eigenvalue weighted by molar-refractivity contribution is -0.402. The van der Waals surface area contributed by atoms with Crippen LogP contribution < -0.4 is 0 Å². The lowest BCUT2D eigenvalue weighted by Crippen LogP contribution is -1.99. The molecule has 2 heterocycles. The smallest absolute Gasteiger partial charge is 0.400 e. The summed E-state index contributed by atoms with van der Waals surface area (Å²) < 4.78 is 6.83. The van der Waals surface area contributed by atoms with E-state index in [1.54, 1.807) is 0 Å². The first-order valence-electron chi connectivity index (χ1n) is 6.06. The SMILES string of the molecule is CCCCc1n[nH]c(=S)n1/N=C\c1ccc([N+](=O)[O-])o1. The van der Waals surface area contributed by atoms with Crippen LogP contribution in [0.15, 0.2) is 21.7 Å². The van der Waals surface area contributed by atoms with Gasteiger partial charge in [0.05, 0.1) is 12.3 Å². The van der Waals surface area contributed by atoms with Gasteiger partial charge in [-0.05, 0) is 24.7 Å². The number of aromatic amines is 1. The molecule has 8 nitrogen and oxygen atoms in total. The van der Waals surface area contributed by atoms with Crippen LogP contribution in [0.1, 0.15) is 31.4 Å². The third-order valence-electron chi connectivity index (χ3n) is 2.56. The van der Waals surface area contributed by atoms with Gasteiger partial charge in [-0.3, -0.25) is 15.2 Å². The maximum atomic E-state index is 10.5. The second kappa shape index (κ2) is 6.24. The Morgan fingerprint density at radius 3 is 3.10 bits per heavy atom. The topological polar surface area (TPSA) is 102 Å². The van der Waals surface area contributed by atoms with E-state index in [1.807, 2.05) is 0 Å². The molecule has 0 saturated heterocycles. The number of nitro groups is 1. The molecule has 2 aromatic heterocycles.